The molecule has 1 aromatic rings. The molecule has 0 spiro atoms. The van der Waals surface area contributed by atoms with E-state index in [-0.39, 0.29) is 5.96 Å². The molecule has 0 saturated carbocycles. The number of hydrogen-bond donors (Lipinski definition) is 2. The average Bonchev–Trinajstić information content (AvgIpc) is 2.57. The summed E-state index contributed by atoms with van der Waals surface area (Å²) in [5, 5.41) is 29.0. The van der Waals surface area contributed by atoms with Crippen molar-refractivity contribution in [2.75, 3.05) is 6.54 Å². The maximum atomic E-state index is 11.0. The number of aliphatic hydroxyl groups is 1. The quantitative estimate of drug-likeness (QED) is 0.491. The monoisotopic (exact) mass is 341 g/mol. The average molecular weight is 341 g/mol. The van der Waals surface area contributed by atoms with Gasteiger partial charge >= 0.3 is 0 Å². The SMILES string of the molecule is CCCCN(/C(N)=N\C#N)C1c2cc(C#N)ccc2OC(C)(C)C1O. The van der Waals surface area contributed by atoms with Crippen molar-refractivity contribution in [2.24, 2.45) is 10.7 Å². The van der Waals surface area contributed by atoms with Crippen molar-refractivity contribution in [2.45, 2.75) is 51.4 Å². The van der Waals surface area contributed by atoms with Gasteiger partial charge in [0.05, 0.1) is 17.7 Å². The highest BCUT2D eigenvalue weighted by Crippen LogP contribution is 2.43. The lowest BCUT2D eigenvalue weighted by Gasteiger charge is -2.46. The lowest BCUT2D eigenvalue weighted by atomic mass is 9.85. The van der Waals surface area contributed by atoms with Crippen LogP contribution in [0.4, 0.5) is 0 Å². The van der Waals surface area contributed by atoms with Gasteiger partial charge in [0, 0.05) is 12.1 Å². The number of nitrogens with zero attached hydrogens (tertiary/aromatic N) is 4. The van der Waals surface area contributed by atoms with Gasteiger partial charge in [0.25, 0.3) is 0 Å². The third kappa shape index (κ3) is 3.67. The van der Waals surface area contributed by atoms with E-state index in [0.717, 1.165) is 12.8 Å². The van der Waals surface area contributed by atoms with Gasteiger partial charge in [-0.1, -0.05) is 13.3 Å². The first kappa shape index (κ1) is 18.6. The Morgan fingerprint density at radius 3 is 2.76 bits per heavy atom. The van der Waals surface area contributed by atoms with Crippen LogP contribution in [0.25, 0.3) is 0 Å². The van der Waals surface area contributed by atoms with Crippen molar-refractivity contribution in [1.29, 1.82) is 10.5 Å². The Morgan fingerprint density at radius 1 is 1.44 bits per heavy atom. The first-order chi connectivity index (χ1) is 11.9. The van der Waals surface area contributed by atoms with Crippen LogP contribution in [0.2, 0.25) is 0 Å². The van der Waals surface area contributed by atoms with Crippen molar-refractivity contribution >= 4 is 5.96 Å². The molecule has 2 unspecified atom stereocenters. The van der Waals surface area contributed by atoms with Gasteiger partial charge in [-0.05, 0) is 38.5 Å². The molecule has 7 nitrogen and oxygen atoms in total. The highest BCUT2D eigenvalue weighted by molar-refractivity contribution is 5.79. The summed E-state index contributed by atoms with van der Waals surface area (Å²) in [5.74, 6) is 0.636. The largest absolute Gasteiger partial charge is 0.485 e. The molecule has 3 N–H and O–H groups in total. The van der Waals surface area contributed by atoms with Crippen LogP contribution in [0.1, 0.15) is 50.8 Å². The number of aliphatic imine (C=N–C) groups is 1. The third-order valence-electron chi connectivity index (χ3n) is 4.39. The Bertz CT molecular complexity index is 745. The van der Waals surface area contributed by atoms with Crippen molar-refractivity contribution in [1.82, 2.24) is 4.90 Å². The van der Waals surface area contributed by atoms with Crippen LogP contribution in [-0.4, -0.2) is 34.2 Å². The van der Waals surface area contributed by atoms with Gasteiger partial charge in [-0.2, -0.15) is 10.5 Å². The zero-order chi connectivity index (χ0) is 18.6. The second kappa shape index (κ2) is 7.42. The normalized spacial score (nSPS) is 21.4. The van der Waals surface area contributed by atoms with Gasteiger partial charge < -0.3 is 20.5 Å². The number of hydrogen-bond acceptors (Lipinski definition) is 5. The molecule has 7 heteroatoms. The molecule has 0 saturated heterocycles. The van der Waals surface area contributed by atoms with Crippen molar-refractivity contribution < 1.29 is 9.84 Å². The summed E-state index contributed by atoms with van der Waals surface area (Å²) < 4.78 is 5.92. The first-order valence-electron chi connectivity index (χ1n) is 8.25. The standard InChI is InChI=1S/C18H23N5O2/c1-4-5-8-23(17(21)22-11-20)15-13-9-12(10-19)6-7-14(13)25-18(2,3)16(15)24/h6-7,9,15-16,24H,4-5,8H2,1-3H3,(H2,21,22). The molecule has 0 bridgehead atoms. The maximum Gasteiger partial charge on any atom is 0.209 e. The van der Waals surface area contributed by atoms with E-state index >= 15 is 0 Å². The molecule has 25 heavy (non-hydrogen) atoms. The first-order valence-corrected chi connectivity index (χ1v) is 8.25. The van der Waals surface area contributed by atoms with E-state index in [9.17, 15) is 10.4 Å². The van der Waals surface area contributed by atoms with E-state index in [1.54, 1.807) is 43.1 Å². The minimum Gasteiger partial charge on any atom is -0.485 e. The molecule has 132 valence electrons. The molecule has 1 aliphatic rings. The minimum absolute atomic E-state index is 0.0472. The zero-order valence-corrected chi connectivity index (χ0v) is 14.7. The molecular weight excluding hydrogens is 318 g/mol. The fraction of sp³-hybridized carbons (Fsp3) is 0.500. The fourth-order valence-electron chi connectivity index (χ4n) is 3.01. The van der Waals surface area contributed by atoms with Gasteiger partial charge in [-0.25, -0.2) is 0 Å². The Kier molecular flexibility index (Phi) is 5.51. The number of nitrogens with two attached hydrogens (primary N) is 1. The van der Waals surface area contributed by atoms with Crippen LogP contribution >= 0.6 is 0 Å². The van der Waals surface area contributed by atoms with Gasteiger partial charge in [-0.15, -0.1) is 4.99 Å². The summed E-state index contributed by atoms with van der Waals surface area (Å²) in [6.07, 6.45) is 2.52. The Morgan fingerprint density at radius 2 is 2.16 bits per heavy atom. The number of rotatable bonds is 4. The van der Waals surface area contributed by atoms with Gasteiger partial charge in [0.15, 0.2) is 0 Å². The maximum absolute atomic E-state index is 11.0. The van der Waals surface area contributed by atoms with Gasteiger partial charge in [0.1, 0.15) is 17.5 Å². The third-order valence-corrected chi connectivity index (χ3v) is 4.39. The van der Waals surface area contributed by atoms with E-state index in [4.69, 9.17) is 15.7 Å². The number of aliphatic hydroxyl groups excluding tert-OH is 1. The van der Waals surface area contributed by atoms with Crippen LogP contribution in [0.15, 0.2) is 23.2 Å². The van der Waals surface area contributed by atoms with Gasteiger partial charge in [0.2, 0.25) is 12.2 Å². The smallest absolute Gasteiger partial charge is 0.209 e. The molecule has 1 heterocycles. The fourth-order valence-corrected chi connectivity index (χ4v) is 3.01. The van der Waals surface area contributed by atoms with E-state index in [1.807, 2.05) is 6.92 Å². The van der Waals surface area contributed by atoms with E-state index in [1.165, 1.54) is 0 Å². The van der Waals surface area contributed by atoms with Crippen LogP contribution < -0.4 is 10.5 Å². The predicted octanol–water partition coefficient (Wildman–Crippen LogP) is 2.03. The number of ether oxygens (including phenoxy) is 1. The van der Waals surface area contributed by atoms with E-state index in [0.29, 0.717) is 23.4 Å². The second-order valence-corrected chi connectivity index (χ2v) is 6.58. The molecular formula is C18H23N5O2. The molecule has 0 radical (unpaired) electrons. The molecule has 0 aliphatic carbocycles. The Balaban J connectivity index is 2.60. The summed E-state index contributed by atoms with van der Waals surface area (Å²) in [6, 6.07) is 6.63. The summed E-state index contributed by atoms with van der Waals surface area (Å²) in [6.45, 7) is 6.16. The molecule has 0 fully saturated rings. The summed E-state index contributed by atoms with van der Waals surface area (Å²) in [5.41, 5.74) is 6.29. The zero-order valence-electron chi connectivity index (χ0n) is 14.7. The highest BCUT2D eigenvalue weighted by atomic mass is 16.5. The van der Waals surface area contributed by atoms with Crippen LogP contribution in [0.5, 0.6) is 5.75 Å². The number of guanidine groups is 1. The number of benzene rings is 1. The van der Waals surface area contributed by atoms with Crippen LogP contribution in [0.3, 0.4) is 0 Å². The van der Waals surface area contributed by atoms with Crippen molar-refractivity contribution in [3.05, 3.63) is 29.3 Å². The Hall–Kier alpha value is -2.77. The summed E-state index contributed by atoms with van der Waals surface area (Å²) in [7, 11) is 0. The van der Waals surface area contributed by atoms with E-state index < -0.39 is 17.7 Å². The van der Waals surface area contributed by atoms with Crippen molar-refractivity contribution in [3.8, 4) is 18.0 Å². The van der Waals surface area contributed by atoms with Crippen LogP contribution in [-0.2, 0) is 0 Å². The molecule has 0 aromatic heterocycles. The molecule has 0 amide bonds. The molecule has 2 rings (SSSR count). The lowest BCUT2D eigenvalue weighted by molar-refractivity contribution is -0.0818. The number of fused-ring (bicyclic) bond motifs is 1. The number of nitriles is 2. The lowest BCUT2D eigenvalue weighted by Crippen LogP contribution is -2.56. The number of unbranched alkanes of at least 4 members (excludes halogenated alkanes) is 1. The summed E-state index contributed by atoms with van der Waals surface area (Å²) >= 11 is 0. The van der Waals surface area contributed by atoms with Gasteiger partial charge in [-0.3, -0.25) is 0 Å². The van der Waals surface area contributed by atoms with Crippen molar-refractivity contribution in [3.63, 3.8) is 0 Å². The highest BCUT2D eigenvalue weighted by Gasteiger charge is 2.46. The minimum atomic E-state index is -0.918. The Labute approximate surface area is 147 Å². The topological polar surface area (TPSA) is 119 Å². The second-order valence-electron chi connectivity index (χ2n) is 6.58. The van der Waals surface area contributed by atoms with E-state index in [2.05, 4.69) is 11.1 Å². The predicted molar refractivity (Wildman–Crippen MR) is 93.5 cm³/mol. The molecule has 1 aliphatic heterocycles. The summed E-state index contributed by atoms with van der Waals surface area (Å²) in [4.78, 5) is 5.38. The van der Waals surface area contributed by atoms with Crippen LogP contribution in [0, 0.1) is 22.8 Å². The molecule has 1 aromatic carbocycles. The molecule has 2 atom stereocenters.